The van der Waals surface area contributed by atoms with Gasteiger partial charge in [0.1, 0.15) is 11.4 Å². The third-order valence-electron chi connectivity index (χ3n) is 4.24. The SMILES string of the molecule is CCCNC(=O)Cc1ccc(Nc2nc(-c3ccccc3)ncc2C(N)=O)cc1. The summed E-state index contributed by atoms with van der Waals surface area (Å²) in [6.07, 6.45) is 2.64. The van der Waals surface area contributed by atoms with Gasteiger partial charge < -0.3 is 16.4 Å². The molecular weight excluding hydrogens is 366 g/mol. The number of amides is 2. The van der Waals surface area contributed by atoms with Crippen LogP contribution in [0.5, 0.6) is 0 Å². The number of rotatable bonds is 8. The molecule has 0 aliphatic heterocycles. The molecule has 0 atom stereocenters. The molecular formula is C22H23N5O2. The summed E-state index contributed by atoms with van der Waals surface area (Å²) in [5, 5.41) is 5.98. The summed E-state index contributed by atoms with van der Waals surface area (Å²) >= 11 is 0. The Hall–Kier alpha value is -3.74. The lowest BCUT2D eigenvalue weighted by molar-refractivity contribution is -0.120. The topological polar surface area (TPSA) is 110 Å². The van der Waals surface area contributed by atoms with Crippen LogP contribution in [0.15, 0.2) is 60.8 Å². The van der Waals surface area contributed by atoms with E-state index in [1.54, 1.807) is 0 Å². The first-order valence-corrected chi connectivity index (χ1v) is 9.41. The van der Waals surface area contributed by atoms with Crippen molar-refractivity contribution in [2.24, 2.45) is 5.73 Å². The average Bonchev–Trinajstić information content (AvgIpc) is 2.74. The molecule has 148 valence electrons. The molecule has 29 heavy (non-hydrogen) atoms. The second-order valence-corrected chi connectivity index (χ2v) is 6.53. The Morgan fingerprint density at radius 2 is 1.76 bits per heavy atom. The van der Waals surface area contributed by atoms with Crippen molar-refractivity contribution in [1.29, 1.82) is 0 Å². The Kier molecular flexibility index (Phi) is 6.52. The Morgan fingerprint density at radius 3 is 2.41 bits per heavy atom. The fourth-order valence-corrected chi connectivity index (χ4v) is 2.74. The normalized spacial score (nSPS) is 10.4. The molecule has 3 aromatic rings. The maximum atomic E-state index is 11.8. The molecule has 0 fully saturated rings. The Balaban J connectivity index is 1.79. The lowest BCUT2D eigenvalue weighted by atomic mass is 10.1. The summed E-state index contributed by atoms with van der Waals surface area (Å²) in [6, 6.07) is 16.9. The van der Waals surface area contributed by atoms with Gasteiger partial charge in [0, 0.05) is 24.0 Å². The first-order valence-electron chi connectivity index (χ1n) is 9.41. The van der Waals surface area contributed by atoms with Gasteiger partial charge in [-0.25, -0.2) is 9.97 Å². The largest absolute Gasteiger partial charge is 0.365 e. The van der Waals surface area contributed by atoms with Gasteiger partial charge in [-0.1, -0.05) is 49.4 Å². The molecule has 4 N–H and O–H groups in total. The summed E-state index contributed by atoms with van der Waals surface area (Å²) < 4.78 is 0. The first kappa shape index (κ1) is 20.0. The van der Waals surface area contributed by atoms with E-state index in [0.717, 1.165) is 23.2 Å². The van der Waals surface area contributed by atoms with Crippen LogP contribution in [0, 0.1) is 0 Å². The summed E-state index contributed by atoms with van der Waals surface area (Å²) in [4.78, 5) is 32.3. The van der Waals surface area contributed by atoms with Gasteiger partial charge in [-0.3, -0.25) is 9.59 Å². The van der Waals surface area contributed by atoms with Gasteiger partial charge in [-0.2, -0.15) is 0 Å². The predicted octanol–water partition coefficient (Wildman–Crippen LogP) is 3.05. The Morgan fingerprint density at radius 1 is 1.03 bits per heavy atom. The van der Waals surface area contributed by atoms with E-state index in [1.165, 1.54) is 6.20 Å². The number of anilines is 2. The number of primary amides is 1. The minimum atomic E-state index is -0.615. The number of carbonyl (C=O) groups excluding carboxylic acids is 2. The molecule has 0 radical (unpaired) electrons. The first-order chi connectivity index (χ1) is 14.1. The van der Waals surface area contributed by atoms with Crippen LogP contribution >= 0.6 is 0 Å². The van der Waals surface area contributed by atoms with Crippen molar-refractivity contribution < 1.29 is 9.59 Å². The standard InChI is InChI=1S/C22H23N5O2/c1-2-12-24-19(28)13-15-8-10-17(11-9-15)26-22-18(20(23)29)14-25-21(27-22)16-6-4-3-5-7-16/h3-11,14H,2,12-13H2,1H3,(H2,23,29)(H,24,28)(H,25,26,27). The number of carbonyl (C=O) groups is 2. The van der Waals surface area contributed by atoms with Gasteiger partial charge in [-0.05, 0) is 24.1 Å². The zero-order chi connectivity index (χ0) is 20.6. The molecule has 2 amide bonds. The number of nitrogens with one attached hydrogen (secondary N) is 2. The maximum absolute atomic E-state index is 11.8. The highest BCUT2D eigenvalue weighted by Gasteiger charge is 2.13. The molecule has 0 unspecified atom stereocenters. The minimum absolute atomic E-state index is 0.00752. The number of nitrogens with zero attached hydrogens (tertiary/aromatic N) is 2. The fraction of sp³-hybridized carbons (Fsp3) is 0.182. The molecule has 0 saturated heterocycles. The molecule has 3 rings (SSSR count). The van der Waals surface area contributed by atoms with Crippen LogP contribution in [0.3, 0.4) is 0 Å². The predicted molar refractivity (Wildman–Crippen MR) is 113 cm³/mol. The van der Waals surface area contributed by atoms with E-state index >= 15 is 0 Å². The van der Waals surface area contributed by atoms with Crippen LogP contribution < -0.4 is 16.4 Å². The van der Waals surface area contributed by atoms with Crippen molar-refractivity contribution in [2.45, 2.75) is 19.8 Å². The number of aromatic nitrogens is 2. The molecule has 0 aliphatic rings. The van der Waals surface area contributed by atoms with Crippen molar-refractivity contribution in [1.82, 2.24) is 15.3 Å². The van der Waals surface area contributed by atoms with Gasteiger partial charge >= 0.3 is 0 Å². The highest BCUT2D eigenvalue weighted by Crippen LogP contribution is 2.22. The van der Waals surface area contributed by atoms with Gasteiger partial charge in [0.05, 0.1) is 6.42 Å². The van der Waals surface area contributed by atoms with Crippen LogP contribution in [-0.2, 0) is 11.2 Å². The van der Waals surface area contributed by atoms with Crippen LogP contribution in [0.25, 0.3) is 11.4 Å². The van der Waals surface area contributed by atoms with Crippen molar-refractivity contribution in [3.8, 4) is 11.4 Å². The molecule has 1 heterocycles. The Bertz CT molecular complexity index is 988. The van der Waals surface area contributed by atoms with Crippen LogP contribution in [0.1, 0.15) is 29.3 Å². The number of hydrogen-bond donors (Lipinski definition) is 3. The number of nitrogens with two attached hydrogens (primary N) is 1. The van der Waals surface area contributed by atoms with E-state index in [9.17, 15) is 9.59 Å². The maximum Gasteiger partial charge on any atom is 0.254 e. The Labute approximate surface area is 169 Å². The molecule has 7 nitrogen and oxygen atoms in total. The summed E-state index contributed by atoms with van der Waals surface area (Å²) in [5.74, 6) is 0.199. The molecule has 7 heteroatoms. The molecule has 1 aromatic heterocycles. The number of hydrogen-bond acceptors (Lipinski definition) is 5. The monoisotopic (exact) mass is 389 g/mol. The lowest BCUT2D eigenvalue weighted by Crippen LogP contribution is -2.25. The van der Waals surface area contributed by atoms with E-state index in [1.807, 2.05) is 61.5 Å². The van der Waals surface area contributed by atoms with E-state index in [-0.39, 0.29) is 11.5 Å². The van der Waals surface area contributed by atoms with Gasteiger partial charge in [0.25, 0.3) is 5.91 Å². The van der Waals surface area contributed by atoms with Crippen molar-refractivity contribution >= 4 is 23.3 Å². The lowest BCUT2D eigenvalue weighted by Gasteiger charge is -2.11. The minimum Gasteiger partial charge on any atom is -0.365 e. The van der Waals surface area contributed by atoms with Crippen LogP contribution in [-0.4, -0.2) is 28.3 Å². The van der Waals surface area contributed by atoms with E-state index in [4.69, 9.17) is 5.73 Å². The highest BCUT2D eigenvalue weighted by molar-refractivity contribution is 5.98. The second-order valence-electron chi connectivity index (χ2n) is 6.53. The molecule has 0 saturated carbocycles. The molecule has 2 aromatic carbocycles. The van der Waals surface area contributed by atoms with Crippen LogP contribution in [0.4, 0.5) is 11.5 Å². The quantitative estimate of drug-likeness (QED) is 0.548. The fourth-order valence-electron chi connectivity index (χ4n) is 2.74. The highest BCUT2D eigenvalue weighted by atomic mass is 16.1. The molecule has 0 bridgehead atoms. The zero-order valence-electron chi connectivity index (χ0n) is 16.2. The third-order valence-corrected chi connectivity index (χ3v) is 4.24. The molecule has 0 spiro atoms. The summed E-state index contributed by atoms with van der Waals surface area (Å²) in [7, 11) is 0. The van der Waals surface area contributed by atoms with Crippen LogP contribution in [0.2, 0.25) is 0 Å². The van der Waals surface area contributed by atoms with Crippen molar-refractivity contribution in [3.63, 3.8) is 0 Å². The van der Waals surface area contributed by atoms with Crippen molar-refractivity contribution in [2.75, 3.05) is 11.9 Å². The third kappa shape index (κ3) is 5.38. The average molecular weight is 389 g/mol. The summed E-state index contributed by atoms with van der Waals surface area (Å²) in [6.45, 7) is 2.68. The smallest absolute Gasteiger partial charge is 0.254 e. The van der Waals surface area contributed by atoms with Gasteiger partial charge in [0.15, 0.2) is 5.82 Å². The van der Waals surface area contributed by atoms with Gasteiger partial charge in [-0.15, -0.1) is 0 Å². The van der Waals surface area contributed by atoms with E-state index in [0.29, 0.717) is 24.6 Å². The second kappa shape index (κ2) is 9.45. The van der Waals surface area contributed by atoms with E-state index in [2.05, 4.69) is 20.6 Å². The number of benzene rings is 2. The summed E-state index contributed by atoms with van der Waals surface area (Å²) in [5.41, 5.74) is 8.13. The van der Waals surface area contributed by atoms with Gasteiger partial charge in [0.2, 0.25) is 5.91 Å². The van der Waals surface area contributed by atoms with E-state index < -0.39 is 5.91 Å². The van der Waals surface area contributed by atoms with Crippen molar-refractivity contribution in [3.05, 3.63) is 71.9 Å². The molecule has 0 aliphatic carbocycles. The zero-order valence-corrected chi connectivity index (χ0v) is 16.2.